The molecule has 0 bridgehead atoms. The van der Waals surface area contributed by atoms with Gasteiger partial charge < -0.3 is 9.64 Å². The van der Waals surface area contributed by atoms with Gasteiger partial charge in [0.15, 0.2) is 0 Å². The van der Waals surface area contributed by atoms with Crippen molar-refractivity contribution in [3.63, 3.8) is 0 Å². The number of methoxy groups -OCH3 is 1. The molecule has 1 aliphatic heterocycles. The number of esters is 1. The van der Waals surface area contributed by atoms with Crippen LogP contribution in [0.25, 0.3) is 0 Å². The number of carbonyl (C=O) groups excluding carboxylic acids is 2. The first kappa shape index (κ1) is 14.7. The summed E-state index contributed by atoms with van der Waals surface area (Å²) in [6.07, 6.45) is 2.45. The quantitative estimate of drug-likeness (QED) is 0.548. The van der Waals surface area contributed by atoms with Crippen LogP contribution in [-0.4, -0.2) is 60.5 Å². The summed E-state index contributed by atoms with van der Waals surface area (Å²) in [5, 5.41) is 0. The number of amides is 1. The molecule has 1 heterocycles. The highest BCUT2D eigenvalue weighted by atomic mass is 16.5. The molecule has 18 heavy (non-hydrogen) atoms. The van der Waals surface area contributed by atoms with Gasteiger partial charge >= 0.3 is 5.97 Å². The lowest BCUT2D eigenvalue weighted by Gasteiger charge is -2.41. The van der Waals surface area contributed by atoms with Crippen LogP contribution in [0.15, 0.2) is 12.2 Å². The summed E-state index contributed by atoms with van der Waals surface area (Å²) in [6.45, 7) is 8.70. The molecule has 1 rings (SSSR count). The van der Waals surface area contributed by atoms with Gasteiger partial charge in [-0.25, -0.2) is 4.79 Å². The highest BCUT2D eigenvalue weighted by Crippen LogP contribution is 2.13. The average molecular weight is 254 g/mol. The molecule has 1 atom stereocenters. The van der Waals surface area contributed by atoms with Crippen molar-refractivity contribution in [2.24, 2.45) is 0 Å². The van der Waals surface area contributed by atoms with Crippen molar-refractivity contribution in [2.45, 2.75) is 32.9 Å². The van der Waals surface area contributed by atoms with Gasteiger partial charge in [-0.15, -0.1) is 0 Å². The van der Waals surface area contributed by atoms with E-state index in [4.69, 9.17) is 0 Å². The van der Waals surface area contributed by atoms with Crippen LogP contribution in [0.2, 0.25) is 0 Å². The van der Waals surface area contributed by atoms with E-state index in [1.807, 2.05) is 0 Å². The summed E-state index contributed by atoms with van der Waals surface area (Å²) in [7, 11) is 1.29. The second-order valence-corrected chi connectivity index (χ2v) is 4.82. The predicted octanol–water partition coefficient (Wildman–Crippen LogP) is 0.657. The first-order chi connectivity index (χ1) is 8.45. The Morgan fingerprint density at radius 3 is 2.44 bits per heavy atom. The second-order valence-electron chi connectivity index (χ2n) is 4.82. The van der Waals surface area contributed by atoms with Crippen molar-refractivity contribution in [2.75, 3.05) is 26.7 Å². The smallest absolute Gasteiger partial charge is 0.330 e. The summed E-state index contributed by atoms with van der Waals surface area (Å²) in [4.78, 5) is 26.9. The van der Waals surface area contributed by atoms with Crippen molar-refractivity contribution >= 4 is 11.9 Å². The Morgan fingerprint density at radius 1 is 1.28 bits per heavy atom. The van der Waals surface area contributed by atoms with Crippen LogP contribution in [0.5, 0.6) is 0 Å². The molecule has 1 fully saturated rings. The van der Waals surface area contributed by atoms with E-state index in [0.29, 0.717) is 25.2 Å². The molecule has 1 saturated heterocycles. The Bertz CT molecular complexity index is 339. The highest BCUT2D eigenvalue weighted by molar-refractivity contribution is 5.94. The molecular weight excluding hydrogens is 232 g/mol. The summed E-state index contributed by atoms with van der Waals surface area (Å²) < 4.78 is 4.45. The van der Waals surface area contributed by atoms with E-state index >= 15 is 0 Å². The SMILES string of the molecule is COC(=O)/C=C/C(=O)N1CCN(C(C)C)C(C)C1. The molecule has 0 saturated carbocycles. The van der Waals surface area contributed by atoms with Crippen molar-refractivity contribution in [3.05, 3.63) is 12.2 Å². The molecule has 0 aliphatic carbocycles. The van der Waals surface area contributed by atoms with Gasteiger partial charge in [-0.3, -0.25) is 9.69 Å². The van der Waals surface area contributed by atoms with E-state index in [0.717, 1.165) is 6.54 Å². The fraction of sp³-hybridized carbons (Fsp3) is 0.692. The zero-order valence-corrected chi connectivity index (χ0v) is 11.5. The third-order valence-corrected chi connectivity index (χ3v) is 3.22. The zero-order chi connectivity index (χ0) is 13.7. The summed E-state index contributed by atoms with van der Waals surface area (Å²) in [5.41, 5.74) is 0. The fourth-order valence-electron chi connectivity index (χ4n) is 2.25. The van der Waals surface area contributed by atoms with Gasteiger partial charge in [0.25, 0.3) is 0 Å². The van der Waals surface area contributed by atoms with Gasteiger partial charge in [-0.05, 0) is 20.8 Å². The third-order valence-electron chi connectivity index (χ3n) is 3.22. The number of nitrogens with zero attached hydrogens (tertiary/aromatic N) is 2. The van der Waals surface area contributed by atoms with Crippen LogP contribution >= 0.6 is 0 Å². The van der Waals surface area contributed by atoms with Crippen LogP contribution in [0.1, 0.15) is 20.8 Å². The standard InChI is InChI=1S/C13H22N2O3/c1-10(2)15-8-7-14(9-11(15)3)12(16)5-6-13(17)18-4/h5-6,10-11H,7-9H2,1-4H3/b6-5+. The number of piperazine rings is 1. The molecule has 0 N–H and O–H groups in total. The zero-order valence-electron chi connectivity index (χ0n) is 11.5. The van der Waals surface area contributed by atoms with Crippen LogP contribution in [-0.2, 0) is 14.3 Å². The molecule has 0 aromatic carbocycles. The Kier molecular flexibility index (Phi) is 5.34. The minimum Gasteiger partial charge on any atom is -0.466 e. The molecule has 102 valence electrons. The van der Waals surface area contributed by atoms with Crippen molar-refractivity contribution in [3.8, 4) is 0 Å². The molecule has 1 aliphatic rings. The van der Waals surface area contributed by atoms with E-state index in [1.165, 1.54) is 19.3 Å². The maximum Gasteiger partial charge on any atom is 0.330 e. The Morgan fingerprint density at radius 2 is 1.94 bits per heavy atom. The van der Waals surface area contributed by atoms with Crippen LogP contribution in [0, 0.1) is 0 Å². The second kappa shape index (κ2) is 6.54. The molecule has 0 spiro atoms. The maximum atomic E-state index is 11.9. The lowest BCUT2D eigenvalue weighted by Crippen LogP contribution is -2.55. The van der Waals surface area contributed by atoms with Gasteiger partial charge in [0.1, 0.15) is 0 Å². The van der Waals surface area contributed by atoms with E-state index in [9.17, 15) is 9.59 Å². The van der Waals surface area contributed by atoms with Gasteiger partial charge in [0.2, 0.25) is 5.91 Å². The Balaban J connectivity index is 2.53. The van der Waals surface area contributed by atoms with Crippen molar-refractivity contribution < 1.29 is 14.3 Å². The number of hydrogen-bond donors (Lipinski definition) is 0. The molecule has 1 unspecified atom stereocenters. The van der Waals surface area contributed by atoms with Gasteiger partial charge in [0.05, 0.1) is 7.11 Å². The first-order valence-corrected chi connectivity index (χ1v) is 6.26. The number of rotatable bonds is 3. The first-order valence-electron chi connectivity index (χ1n) is 6.26. The molecule has 5 heteroatoms. The minimum atomic E-state index is -0.503. The fourth-order valence-corrected chi connectivity index (χ4v) is 2.25. The summed E-state index contributed by atoms with van der Waals surface area (Å²) in [6, 6.07) is 0.831. The minimum absolute atomic E-state index is 0.129. The summed E-state index contributed by atoms with van der Waals surface area (Å²) in [5.74, 6) is -0.632. The van der Waals surface area contributed by atoms with Gasteiger partial charge in [-0.2, -0.15) is 0 Å². The van der Waals surface area contributed by atoms with Crippen molar-refractivity contribution in [1.29, 1.82) is 0 Å². The maximum absolute atomic E-state index is 11.9. The van der Waals surface area contributed by atoms with Gasteiger partial charge in [-0.1, -0.05) is 0 Å². The van der Waals surface area contributed by atoms with Crippen molar-refractivity contribution in [1.82, 2.24) is 9.80 Å². The molecule has 5 nitrogen and oxygen atoms in total. The molecular formula is C13H22N2O3. The number of ether oxygens (including phenoxy) is 1. The molecule has 0 aromatic heterocycles. The Hall–Kier alpha value is -1.36. The third kappa shape index (κ3) is 3.84. The molecule has 0 radical (unpaired) electrons. The summed E-state index contributed by atoms with van der Waals surface area (Å²) >= 11 is 0. The predicted molar refractivity (Wildman–Crippen MR) is 69.0 cm³/mol. The largest absolute Gasteiger partial charge is 0.466 e. The lowest BCUT2D eigenvalue weighted by atomic mass is 10.1. The Labute approximate surface area is 108 Å². The number of carbonyl (C=O) groups is 2. The highest BCUT2D eigenvalue weighted by Gasteiger charge is 2.27. The van der Waals surface area contributed by atoms with E-state index < -0.39 is 5.97 Å². The van der Waals surface area contributed by atoms with Crippen LogP contribution in [0.4, 0.5) is 0 Å². The van der Waals surface area contributed by atoms with E-state index in [2.05, 4.69) is 30.4 Å². The molecule has 0 aromatic rings. The monoisotopic (exact) mass is 254 g/mol. The van der Waals surface area contributed by atoms with Gasteiger partial charge in [0, 0.05) is 43.9 Å². The molecule has 1 amide bonds. The van der Waals surface area contributed by atoms with E-state index in [-0.39, 0.29) is 5.91 Å². The lowest BCUT2D eigenvalue weighted by molar-refractivity contribution is -0.135. The topological polar surface area (TPSA) is 49.9 Å². The number of hydrogen-bond acceptors (Lipinski definition) is 4. The normalized spacial score (nSPS) is 21.6. The average Bonchev–Trinajstić information content (AvgIpc) is 2.34. The van der Waals surface area contributed by atoms with Crippen LogP contribution in [0.3, 0.4) is 0 Å². The van der Waals surface area contributed by atoms with Crippen LogP contribution < -0.4 is 0 Å². The van der Waals surface area contributed by atoms with E-state index in [1.54, 1.807) is 4.90 Å².